The van der Waals surface area contributed by atoms with Crippen LogP contribution in [0.5, 0.6) is 0 Å². The normalized spacial score (nSPS) is 29.1. The Labute approximate surface area is 57.1 Å². The highest BCUT2D eigenvalue weighted by atomic mass is 35.5. The number of carbonyl (C=O) groups excluding carboxylic acids is 1. The van der Waals surface area contributed by atoms with E-state index in [-0.39, 0.29) is 11.2 Å². The lowest BCUT2D eigenvalue weighted by Gasteiger charge is -1.98. The molecule has 1 fully saturated rings. The minimum atomic E-state index is -0.0957. The molecule has 0 aliphatic carbocycles. The molecule has 8 heavy (non-hydrogen) atoms. The SMILES string of the molecule is O=C1SCCC1NCl. The van der Waals surface area contributed by atoms with Crippen molar-refractivity contribution in [2.75, 3.05) is 5.75 Å². The lowest BCUT2D eigenvalue weighted by Crippen LogP contribution is -2.23. The van der Waals surface area contributed by atoms with Crippen molar-refractivity contribution in [1.29, 1.82) is 0 Å². The standard InChI is InChI=1S/C4H6ClNOS/c5-6-3-1-2-8-4(3)7/h3,6H,1-2H2. The van der Waals surface area contributed by atoms with Crippen LogP contribution < -0.4 is 4.84 Å². The molecule has 0 bridgehead atoms. The van der Waals surface area contributed by atoms with Crippen LogP contribution in [0.25, 0.3) is 0 Å². The van der Waals surface area contributed by atoms with Gasteiger partial charge in [0.1, 0.15) is 0 Å². The van der Waals surface area contributed by atoms with Gasteiger partial charge in [-0.25, -0.2) is 4.84 Å². The second-order valence-electron chi connectivity index (χ2n) is 1.62. The van der Waals surface area contributed by atoms with Crippen molar-refractivity contribution in [3.63, 3.8) is 0 Å². The van der Waals surface area contributed by atoms with Gasteiger partial charge in [-0.2, -0.15) is 0 Å². The maximum atomic E-state index is 10.6. The molecule has 1 atom stereocenters. The zero-order valence-corrected chi connectivity index (χ0v) is 5.76. The van der Waals surface area contributed by atoms with Crippen LogP contribution in [0.3, 0.4) is 0 Å². The van der Waals surface area contributed by atoms with E-state index in [9.17, 15) is 4.79 Å². The molecule has 1 rings (SSSR count). The lowest BCUT2D eigenvalue weighted by molar-refractivity contribution is -0.111. The molecule has 1 aliphatic rings. The van der Waals surface area contributed by atoms with E-state index in [4.69, 9.17) is 11.8 Å². The minimum absolute atomic E-state index is 0.0957. The van der Waals surface area contributed by atoms with Crippen molar-refractivity contribution >= 4 is 28.7 Å². The number of hydrogen-bond acceptors (Lipinski definition) is 3. The molecule has 0 aromatic rings. The Morgan fingerprint density at radius 1 is 1.88 bits per heavy atom. The summed E-state index contributed by atoms with van der Waals surface area (Å²) in [6.07, 6.45) is 0.868. The molecule has 46 valence electrons. The molecule has 4 heteroatoms. The molecule has 0 radical (unpaired) electrons. The van der Waals surface area contributed by atoms with Crippen LogP contribution in [-0.4, -0.2) is 16.9 Å². The molecule has 1 N–H and O–H groups in total. The van der Waals surface area contributed by atoms with E-state index in [0.717, 1.165) is 12.2 Å². The zero-order valence-electron chi connectivity index (χ0n) is 4.19. The molecule has 1 unspecified atom stereocenters. The van der Waals surface area contributed by atoms with Gasteiger partial charge in [-0.3, -0.25) is 4.79 Å². The molecule has 0 aromatic carbocycles. The van der Waals surface area contributed by atoms with Crippen molar-refractivity contribution in [3.8, 4) is 0 Å². The van der Waals surface area contributed by atoms with Crippen molar-refractivity contribution in [3.05, 3.63) is 0 Å². The average molecular weight is 152 g/mol. The van der Waals surface area contributed by atoms with Gasteiger partial charge in [0.2, 0.25) is 5.12 Å². The second-order valence-corrected chi connectivity index (χ2v) is 2.94. The van der Waals surface area contributed by atoms with E-state index < -0.39 is 0 Å². The third-order valence-corrected chi connectivity index (χ3v) is 2.34. The van der Waals surface area contributed by atoms with Gasteiger partial charge in [0.25, 0.3) is 0 Å². The third-order valence-electron chi connectivity index (χ3n) is 1.07. The summed E-state index contributed by atoms with van der Waals surface area (Å²) in [7, 11) is 0. The Morgan fingerprint density at radius 3 is 2.88 bits per heavy atom. The topological polar surface area (TPSA) is 29.1 Å². The van der Waals surface area contributed by atoms with E-state index in [0.29, 0.717) is 0 Å². The average Bonchev–Trinajstić information content (AvgIpc) is 2.14. The quantitative estimate of drug-likeness (QED) is 0.562. The van der Waals surface area contributed by atoms with Crippen molar-refractivity contribution < 1.29 is 4.79 Å². The van der Waals surface area contributed by atoms with Gasteiger partial charge in [0.05, 0.1) is 6.04 Å². The van der Waals surface area contributed by atoms with Crippen LogP contribution in [0.1, 0.15) is 6.42 Å². The first-order chi connectivity index (χ1) is 3.84. The summed E-state index contributed by atoms with van der Waals surface area (Å²) < 4.78 is 0. The van der Waals surface area contributed by atoms with Gasteiger partial charge < -0.3 is 0 Å². The molecule has 0 amide bonds. The third kappa shape index (κ3) is 1.16. The molecule has 1 heterocycles. The van der Waals surface area contributed by atoms with E-state index in [2.05, 4.69) is 4.84 Å². The Kier molecular flexibility index (Phi) is 2.16. The summed E-state index contributed by atoms with van der Waals surface area (Å²) >= 11 is 6.56. The zero-order chi connectivity index (χ0) is 5.98. The Morgan fingerprint density at radius 2 is 2.62 bits per heavy atom. The van der Waals surface area contributed by atoms with E-state index in [1.54, 1.807) is 0 Å². The smallest absolute Gasteiger partial charge is 0.207 e. The van der Waals surface area contributed by atoms with Crippen LogP contribution in [0.15, 0.2) is 0 Å². The van der Waals surface area contributed by atoms with Crippen molar-refractivity contribution in [2.45, 2.75) is 12.5 Å². The lowest BCUT2D eigenvalue weighted by atomic mass is 10.3. The second kappa shape index (κ2) is 2.71. The van der Waals surface area contributed by atoms with E-state index >= 15 is 0 Å². The number of rotatable bonds is 1. The highest BCUT2D eigenvalue weighted by molar-refractivity contribution is 8.14. The summed E-state index contributed by atoms with van der Waals surface area (Å²) in [5, 5.41) is 0.167. The van der Waals surface area contributed by atoms with E-state index in [1.807, 2.05) is 0 Å². The summed E-state index contributed by atoms with van der Waals surface area (Å²) in [4.78, 5) is 13.0. The van der Waals surface area contributed by atoms with Gasteiger partial charge in [-0.15, -0.1) is 0 Å². The fraction of sp³-hybridized carbons (Fsp3) is 0.750. The molecule has 0 aromatic heterocycles. The van der Waals surface area contributed by atoms with Gasteiger partial charge in [0, 0.05) is 5.75 Å². The summed E-state index contributed by atoms with van der Waals surface area (Å²) in [6, 6.07) is -0.0957. The number of hydrogen-bond donors (Lipinski definition) is 1. The maximum absolute atomic E-state index is 10.6. The van der Waals surface area contributed by atoms with Crippen LogP contribution in [0.2, 0.25) is 0 Å². The predicted octanol–water partition coefficient (Wildman–Crippen LogP) is 0.762. The monoisotopic (exact) mass is 151 g/mol. The molecule has 1 saturated heterocycles. The summed E-state index contributed by atoms with van der Waals surface area (Å²) in [5.41, 5.74) is 0. The Balaban J connectivity index is 2.42. The van der Waals surface area contributed by atoms with Crippen molar-refractivity contribution in [1.82, 2.24) is 4.84 Å². The minimum Gasteiger partial charge on any atom is -0.285 e. The highest BCUT2D eigenvalue weighted by Crippen LogP contribution is 2.19. The van der Waals surface area contributed by atoms with Crippen LogP contribution >= 0.6 is 23.5 Å². The predicted molar refractivity (Wildman–Crippen MR) is 34.9 cm³/mol. The summed E-state index contributed by atoms with van der Waals surface area (Å²) in [6.45, 7) is 0. The van der Waals surface area contributed by atoms with Gasteiger partial charge in [0.15, 0.2) is 0 Å². The molecule has 2 nitrogen and oxygen atoms in total. The molecule has 0 saturated carbocycles. The summed E-state index contributed by atoms with van der Waals surface area (Å²) in [5.74, 6) is 0.906. The molecular formula is C4H6ClNOS. The first-order valence-corrected chi connectivity index (χ1v) is 3.74. The number of carbonyl (C=O) groups is 1. The molecular weight excluding hydrogens is 146 g/mol. The van der Waals surface area contributed by atoms with Crippen LogP contribution in [0.4, 0.5) is 0 Å². The van der Waals surface area contributed by atoms with Gasteiger partial charge >= 0.3 is 0 Å². The Hall–Kier alpha value is 0.270. The molecule has 1 aliphatic heterocycles. The Bertz CT molecular complexity index is 108. The number of halogens is 1. The fourth-order valence-corrected chi connectivity index (χ4v) is 1.80. The highest BCUT2D eigenvalue weighted by Gasteiger charge is 2.23. The number of thioether (sulfide) groups is 1. The van der Waals surface area contributed by atoms with E-state index in [1.165, 1.54) is 11.8 Å². The van der Waals surface area contributed by atoms with Crippen LogP contribution in [-0.2, 0) is 4.79 Å². The number of nitrogens with one attached hydrogen (secondary N) is 1. The fourth-order valence-electron chi connectivity index (χ4n) is 0.595. The van der Waals surface area contributed by atoms with Gasteiger partial charge in [-0.05, 0) is 18.2 Å². The first kappa shape index (κ1) is 6.39. The molecule has 0 spiro atoms. The van der Waals surface area contributed by atoms with Crippen LogP contribution in [0, 0.1) is 0 Å². The largest absolute Gasteiger partial charge is 0.285 e. The first-order valence-electron chi connectivity index (χ1n) is 2.37. The van der Waals surface area contributed by atoms with Gasteiger partial charge in [-0.1, -0.05) is 11.8 Å². The van der Waals surface area contributed by atoms with Crippen molar-refractivity contribution in [2.24, 2.45) is 0 Å². The maximum Gasteiger partial charge on any atom is 0.207 e.